The van der Waals surface area contributed by atoms with Crippen LogP contribution in [0.5, 0.6) is 0 Å². The van der Waals surface area contributed by atoms with Gasteiger partial charge in [0.15, 0.2) is 6.61 Å². The normalized spacial score (nSPS) is 19.2. The van der Waals surface area contributed by atoms with Gasteiger partial charge < -0.3 is 15.0 Å². The molecule has 1 fully saturated rings. The number of carbonyl (C=O) groups is 4. The molecular weight excluding hydrogens is 362 g/mol. The molecule has 152 valence electrons. The Hall–Kier alpha value is -2.90. The fourth-order valence-corrected chi connectivity index (χ4v) is 3.37. The number of imide groups is 1. The van der Waals surface area contributed by atoms with Crippen LogP contribution in [-0.4, -0.2) is 58.8 Å². The molecule has 2 rings (SSSR count). The van der Waals surface area contributed by atoms with Gasteiger partial charge in [0.1, 0.15) is 12.1 Å². The van der Waals surface area contributed by atoms with E-state index in [0.29, 0.717) is 5.56 Å². The molecule has 8 heteroatoms. The first-order valence-electron chi connectivity index (χ1n) is 9.24. The van der Waals surface area contributed by atoms with Gasteiger partial charge >= 0.3 is 12.0 Å². The summed E-state index contributed by atoms with van der Waals surface area (Å²) in [5.74, 6) is -1.69. The quantitative estimate of drug-likeness (QED) is 0.565. The lowest BCUT2D eigenvalue weighted by atomic mass is 9.92. The Morgan fingerprint density at radius 3 is 2.21 bits per heavy atom. The highest BCUT2D eigenvalue weighted by Gasteiger charge is 2.49. The van der Waals surface area contributed by atoms with Crippen molar-refractivity contribution in [2.75, 3.05) is 13.2 Å². The molecule has 4 amide bonds. The highest BCUT2D eigenvalue weighted by Crippen LogP contribution is 2.28. The Balaban J connectivity index is 2.00. The first kappa shape index (κ1) is 21.4. The maximum Gasteiger partial charge on any atom is 0.326 e. The summed E-state index contributed by atoms with van der Waals surface area (Å²) >= 11 is 0. The van der Waals surface area contributed by atoms with Crippen LogP contribution < -0.4 is 5.32 Å². The molecule has 1 N–H and O–H groups in total. The van der Waals surface area contributed by atoms with Crippen LogP contribution in [0.25, 0.3) is 0 Å². The number of ether oxygens (including phenoxy) is 1. The summed E-state index contributed by atoms with van der Waals surface area (Å²) in [5.41, 5.74) is -0.635. The number of benzene rings is 1. The van der Waals surface area contributed by atoms with Crippen LogP contribution in [0.1, 0.15) is 40.2 Å². The molecule has 8 nitrogen and oxygen atoms in total. The molecule has 28 heavy (non-hydrogen) atoms. The lowest BCUT2D eigenvalue weighted by Crippen LogP contribution is -2.45. The lowest BCUT2D eigenvalue weighted by Gasteiger charge is -2.30. The number of esters is 1. The van der Waals surface area contributed by atoms with Gasteiger partial charge in [0.05, 0.1) is 0 Å². The van der Waals surface area contributed by atoms with Gasteiger partial charge in [-0.2, -0.15) is 0 Å². The number of rotatable bonds is 7. The number of hydrogen-bond acceptors (Lipinski definition) is 5. The SMILES string of the molecule is CC(C)N(C(=O)COC(=O)CN1C(=O)N[C@@](C)(c2ccccc2)C1=O)C(C)C. The Labute approximate surface area is 164 Å². The molecule has 0 unspecified atom stereocenters. The van der Waals surface area contributed by atoms with E-state index in [4.69, 9.17) is 4.74 Å². The summed E-state index contributed by atoms with van der Waals surface area (Å²) < 4.78 is 5.01. The third-order valence-corrected chi connectivity index (χ3v) is 4.67. The molecule has 1 aromatic rings. The van der Waals surface area contributed by atoms with Gasteiger partial charge in [-0.25, -0.2) is 4.79 Å². The molecule has 1 atom stereocenters. The number of amides is 4. The second-order valence-corrected chi connectivity index (χ2v) is 7.46. The minimum absolute atomic E-state index is 0.0382. The number of hydrogen-bond donors (Lipinski definition) is 1. The Bertz CT molecular complexity index is 754. The molecule has 0 aromatic heterocycles. The van der Waals surface area contributed by atoms with Crippen LogP contribution in [0, 0.1) is 0 Å². The smallest absolute Gasteiger partial charge is 0.326 e. The van der Waals surface area contributed by atoms with Crippen molar-refractivity contribution in [3.63, 3.8) is 0 Å². The van der Waals surface area contributed by atoms with Crippen LogP contribution in [0.3, 0.4) is 0 Å². The standard InChI is InChI=1S/C20H27N3O5/c1-13(2)23(14(3)4)16(24)12-28-17(25)11-22-18(26)20(5,21-19(22)27)15-9-7-6-8-10-15/h6-10,13-14H,11-12H2,1-5H3,(H,21,27)/t20-/m0/s1. The van der Waals surface area contributed by atoms with E-state index < -0.39 is 36.6 Å². The summed E-state index contributed by atoms with van der Waals surface area (Å²) in [6.45, 7) is 8.09. The highest BCUT2D eigenvalue weighted by atomic mass is 16.5. The first-order valence-corrected chi connectivity index (χ1v) is 9.24. The summed E-state index contributed by atoms with van der Waals surface area (Å²) in [4.78, 5) is 51.8. The van der Waals surface area contributed by atoms with Crippen LogP contribution in [-0.2, 0) is 24.7 Å². The molecule has 1 heterocycles. The average molecular weight is 389 g/mol. The summed E-state index contributed by atoms with van der Waals surface area (Å²) in [6.07, 6.45) is 0. The first-order chi connectivity index (χ1) is 13.1. The molecule has 1 aromatic carbocycles. The minimum Gasteiger partial charge on any atom is -0.454 e. The van der Waals surface area contributed by atoms with E-state index in [1.807, 2.05) is 27.7 Å². The summed E-state index contributed by atoms with van der Waals surface area (Å²) in [6, 6.07) is 8.03. The third-order valence-electron chi connectivity index (χ3n) is 4.67. The third kappa shape index (κ3) is 4.32. The zero-order valence-electron chi connectivity index (χ0n) is 16.9. The van der Waals surface area contributed by atoms with E-state index in [1.54, 1.807) is 42.2 Å². The average Bonchev–Trinajstić information content (AvgIpc) is 2.84. The molecule has 1 aliphatic rings. The maximum atomic E-state index is 12.8. The zero-order chi connectivity index (χ0) is 21.1. The second-order valence-electron chi connectivity index (χ2n) is 7.46. The van der Waals surface area contributed by atoms with Crippen molar-refractivity contribution >= 4 is 23.8 Å². The number of nitrogens with zero attached hydrogens (tertiary/aromatic N) is 2. The van der Waals surface area contributed by atoms with Gasteiger partial charge in [0.2, 0.25) is 0 Å². The van der Waals surface area contributed by atoms with Crippen LogP contribution in [0.4, 0.5) is 4.79 Å². The van der Waals surface area contributed by atoms with E-state index in [9.17, 15) is 19.2 Å². The molecule has 0 spiro atoms. The number of urea groups is 1. The Morgan fingerprint density at radius 1 is 1.11 bits per heavy atom. The lowest BCUT2D eigenvalue weighted by molar-refractivity contribution is -0.155. The monoisotopic (exact) mass is 389 g/mol. The highest BCUT2D eigenvalue weighted by molar-refractivity contribution is 6.08. The van der Waals surface area contributed by atoms with Crippen molar-refractivity contribution in [2.24, 2.45) is 0 Å². The molecule has 0 bridgehead atoms. The molecule has 0 radical (unpaired) electrons. The predicted octanol–water partition coefficient (Wildman–Crippen LogP) is 1.64. The van der Waals surface area contributed by atoms with Gasteiger partial charge in [-0.1, -0.05) is 30.3 Å². The van der Waals surface area contributed by atoms with Crippen molar-refractivity contribution in [1.82, 2.24) is 15.1 Å². The summed E-state index contributed by atoms with van der Waals surface area (Å²) in [7, 11) is 0. The van der Waals surface area contributed by atoms with Crippen molar-refractivity contribution < 1.29 is 23.9 Å². The van der Waals surface area contributed by atoms with E-state index in [2.05, 4.69) is 5.32 Å². The minimum atomic E-state index is -1.25. The fourth-order valence-electron chi connectivity index (χ4n) is 3.37. The zero-order valence-corrected chi connectivity index (χ0v) is 16.9. The Kier molecular flexibility index (Phi) is 6.43. The molecule has 0 saturated carbocycles. The summed E-state index contributed by atoms with van der Waals surface area (Å²) in [5, 5.41) is 2.62. The van der Waals surface area contributed by atoms with Crippen molar-refractivity contribution in [3.05, 3.63) is 35.9 Å². The largest absolute Gasteiger partial charge is 0.454 e. The van der Waals surface area contributed by atoms with E-state index in [1.165, 1.54) is 0 Å². The second kappa shape index (κ2) is 8.41. The van der Waals surface area contributed by atoms with Crippen molar-refractivity contribution in [3.8, 4) is 0 Å². The van der Waals surface area contributed by atoms with Crippen LogP contribution in [0.15, 0.2) is 30.3 Å². The molecule has 1 saturated heterocycles. The van der Waals surface area contributed by atoms with Crippen molar-refractivity contribution in [2.45, 2.75) is 52.2 Å². The van der Waals surface area contributed by atoms with Gasteiger partial charge in [0, 0.05) is 12.1 Å². The maximum absolute atomic E-state index is 12.8. The van der Waals surface area contributed by atoms with E-state index in [-0.39, 0.29) is 18.0 Å². The molecule has 0 aliphatic carbocycles. The number of nitrogens with one attached hydrogen (secondary N) is 1. The van der Waals surface area contributed by atoms with Crippen LogP contribution in [0.2, 0.25) is 0 Å². The van der Waals surface area contributed by atoms with E-state index in [0.717, 1.165) is 4.90 Å². The van der Waals surface area contributed by atoms with Crippen LogP contribution >= 0.6 is 0 Å². The van der Waals surface area contributed by atoms with Gasteiger partial charge in [-0.3, -0.25) is 19.3 Å². The van der Waals surface area contributed by atoms with Crippen molar-refractivity contribution in [1.29, 1.82) is 0 Å². The topological polar surface area (TPSA) is 96.0 Å². The van der Waals surface area contributed by atoms with Gasteiger partial charge in [0.25, 0.3) is 11.8 Å². The van der Waals surface area contributed by atoms with Gasteiger partial charge in [-0.15, -0.1) is 0 Å². The number of carbonyl (C=O) groups excluding carboxylic acids is 4. The van der Waals surface area contributed by atoms with Gasteiger partial charge in [-0.05, 0) is 40.2 Å². The Morgan fingerprint density at radius 2 is 1.68 bits per heavy atom. The molecular formula is C20H27N3O5. The van der Waals surface area contributed by atoms with E-state index >= 15 is 0 Å². The molecule has 1 aliphatic heterocycles. The fraction of sp³-hybridized carbons (Fsp3) is 0.500. The predicted molar refractivity (Wildman–Crippen MR) is 102 cm³/mol.